The summed E-state index contributed by atoms with van der Waals surface area (Å²) in [5.74, 6) is 1.47. The van der Waals surface area contributed by atoms with Crippen molar-refractivity contribution in [3.63, 3.8) is 0 Å². The van der Waals surface area contributed by atoms with Crippen molar-refractivity contribution in [2.24, 2.45) is 9.98 Å². The lowest BCUT2D eigenvalue weighted by atomic mass is 9.94. The molecule has 4 nitrogen and oxygen atoms in total. The van der Waals surface area contributed by atoms with E-state index in [1.165, 1.54) is 31.3 Å². The van der Waals surface area contributed by atoms with E-state index in [2.05, 4.69) is 157 Å². The molecule has 0 radical (unpaired) electrons. The van der Waals surface area contributed by atoms with E-state index in [-0.39, 0.29) is 0 Å². The van der Waals surface area contributed by atoms with E-state index in [9.17, 15) is 0 Å². The lowest BCUT2D eigenvalue weighted by Gasteiger charge is -2.25. The molecule has 0 bridgehead atoms. The Bertz CT molecular complexity index is 3150. The third-order valence-corrected chi connectivity index (χ3v) is 11.9. The van der Waals surface area contributed by atoms with Crippen LogP contribution in [-0.2, 0) is 0 Å². The highest BCUT2D eigenvalue weighted by Crippen LogP contribution is 2.45. The summed E-state index contributed by atoms with van der Waals surface area (Å²) < 4.78 is 9.69. The Hall–Kier alpha value is -7.08. The number of thiophene rings is 1. The van der Waals surface area contributed by atoms with Gasteiger partial charge in [-0.2, -0.15) is 0 Å². The molecule has 1 aliphatic rings. The number of nitrogens with zero attached hydrogens (tertiary/aromatic N) is 2. The van der Waals surface area contributed by atoms with Crippen LogP contribution in [0, 0.1) is 0 Å². The first-order chi connectivity index (χ1) is 27.7. The highest BCUT2D eigenvalue weighted by Gasteiger charge is 2.27. The highest BCUT2D eigenvalue weighted by molar-refractivity contribution is 7.25. The molecule has 0 spiro atoms. The van der Waals surface area contributed by atoms with Crippen molar-refractivity contribution in [2.75, 3.05) is 0 Å². The van der Waals surface area contributed by atoms with Crippen LogP contribution >= 0.6 is 11.3 Å². The van der Waals surface area contributed by atoms with E-state index >= 15 is 0 Å². The highest BCUT2D eigenvalue weighted by atomic mass is 32.1. The minimum absolute atomic E-state index is 0.416. The van der Waals surface area contributed by atoms with Crippen molar-refractivity contribution in [3.05, 3.63) is 205 Å². The Morgan fingerprint density at radius 3 is 1.73 bits per heavy atom. The van der Waals surface area contributed by atoms with Crippen LogP contribution in [0.4, 0.5) is 0 Å². The fourth-order valence-electron chi connectivity index (χ4n) is 8.06. The molecule has 0 fully saturated rings. The van der Waals surface area contributed by atoms with Gasteiger partial charge in [0.05, 0.1) is 0 Å². The summed E-state index contributed by atoms with van der Waals surface area (Å²) in [6.45, 7) is 0. The summed E-state index contributed by atoms with van der Waals surface area (Å²) in [5.41, 5.74) is 11.4. The Morgan fingerprint density at radius 2 is 1.04 bits per heavy atom. The van der Waals surface area contributed by atoms with Crippen LogP contribution in [0.15, 0.2) is 202 Å². The molecule has 1 aliphatic heterocycles. The Balaban J connectivity index is 1.09. The molecule has 2 aromatic heterocycles. The van der Waals surface area contributed by atoms with Gasteiger partial charge in [0.1, 0.15) is 23.2 Å². The van der Waals surface area contributed by atoms with Gasteiger partial charge >= 0.3 is 0 Å². The van der Waals surface area contributed by atoms with Crippen LogP contribution in [-0.4, -0.2) is 11.7 Å². The fraction of sp³-hybridized carbons (Fsp3) is 0.0196. The first-order valence-electron chi connectivity index (χ1n) is 18.8. The van der Waals surface area contributed by atoms with Crippen LogP contribution in [0.25, 0.3) is 75.5 Å². The standard InChI is InChI=1S/C51H33N3OS/c1-5-14-32(15-6-1)36-24-28-44-42(30-36)43-31-37(25-29-45(43)56-44)38-22-13-23-39-40-26-27-41(46(48(40)55-47(38)39)33-16-7-2-8-17-33)51-53-49(34-18-9-3-10-19-34)52-50(54-51)35-20-11-4-12-21-35/h1-31,51H,(H,52,53,54). The SMILES string of the molecule is c1ccc(C2=NC(c3ccc4c(oc5c(-c6ccc7sc8ccc(-c9ccccc9)cc8c7c6)cccc54)c3-c3ccccc3)NC(c3ccccc3)=N2)cc1. The predicted octanol–water partition coefficient (Wildman–Crippen LogP) is 13.5. The van der Waals surface area contributed by atoms with Crippen molar-refractivity contribution in [1.29, 1.82) is 0 Å². The van der Waals surface area contributed by atoms with Crippen molar-refractivity contribution in [2.45, 2.75) is 6.17 Å². The molecule has 1 atom stereocenters. The van der Waals surface area contributed by atoms with Crippen molar-refractivity contribution < 1.29 is 4.42 Å². The van der Waals surface area contributed by atoms with Gasteiger partial charge in [-0.25, -0.2) is 9.98 Å². The third kappa shape index (κ3) is 5.52. The van der Waals surface area contributed by atoms with Crippen molar-refractivity contribution in [1.82, 2.24) is 5.32 Å². The molecule has 56 heavy (non-hydrogen) atoms. The van der Waals surface area contributed by atoms with Crippen LogP contribution in [0.2, 0.25) is 0 Å². The molecule has 1 N–H and O–H groups in total. The molecule has 0 saturated carbocycles. The van der Waals surface area contributed by atoms with E-state index in [4.69, 9.17) is 14.4 Å². The summed E-state index contributed by atoms with van der Waals surface area (Å²) in [6, 6.07) is 66.2. The molecule has 264 valence electrons. The first kappa shape index (κ1) is 32.4. The minimum Gasteiger partial charge on any atom is -0.455 e. The largest absolute Gasteiger partial charge is 0.455 e. The molecule has 5 heteroatoms. The van der Waals surface area contributed by atoms with E-state index in [0.29, 0.717) is 5.84 Å². The van der Waals surface area contributed by atoms with Gasteiger partial charge in [-0.1, -0.05) is 164 Å². The van der Waals surface area contributed by atoms with Crippen molar-refractivity contribution in [3.8, 4) is 33.4 Å². The number of benzene rings is 8. The second-order valence-corrected chi connectivity index (χ2v) is 15.2. The van der Waals surface area contributed by atoms with Gasteiger partial charge in [0.15, 0.2) is 5.84 Å². The number of fused-ring (bicyclic) bond motifs is 6. The Kier molecular flexibility index (Phi) is 7.71. The number of hydrogen-bond acceptors (Lipinski definition) is 5. The fourth-order valence-corrected chi connectivity index (χ4v) is 9.13. The number of nitrogens with one attached hydrogen (secondary N) is 1. The van der Waals surface area contributed by atoms with Gasteiger partial charge in [-0.3, -0.25) is 0 Å². The monoisotopic (exact) mass is 735 g/mol. The van der Waals surface area contributed by atoms with Crippen LogP contribution in [0.1, 0.15) is 22.9 Å². The number of rotatable bonds is 6. The zero-order chi connectivity index (χ0) is 37.0. The summed E-state index contributed by atoms with van der Waals surface area (Å²) >= 11 is 1.84. The smallest absolute Gasteiger partial charge is 0.159 e. The number of hydrogen-bond donors (Lipinski definition) is 1. The molecule has 11 rings (SSSR count). The average Bonchev–Trinajstić information content (AvgIpc) is 3.85. The van der Waals surface area contributed by atoms with Gasteiger partial charge in [0.25, 0.3) is 0 Å². The number of furan rings is 1. The minimum atomic E-state index is -0.416. The van der Waals surface area contributed by atoms with Gasteiger partial charge in [-0.05, 0) is 46.5 Å². The van der Waals surface area contributed by atoms with Crippen LogP contribution in [0.5, 0.6) is 0 Å². The number of amidine groups is 2. The molecule has 3 heterocycles. The number of para-hydroxylation sites is 1. The van der Waals surface area contributed by atoms with E-state index < -0.39 is 6.17 Å². The van der Waals surface area contributed by atoms with E-state index in [0.717, 1.165) is 66.7 Å². The number of aliphatic imine (C=N–C) groups is 2. The molecular formula is C51H33N3OS. The van der Waals surface area contributed by atoms with Gasteiger partial charge in [-0.15, -0.1) is 11.3 Å². The molecule has 10 aromatic rings. The van der Waals surface area contributed by atoms with Gasteiger partial charge in [0, 0.05) is 58.8 Å². The lowest BCUT2D eigenvalue weighted by Crippen LogP contribution is -2.33. The summed E-state index contributed by atoms with van der Waals surface area (Å²) in [4.78, 5) is 10.3. The van der Waals surface area contributed by atoms with Crippen LogP contribution < -0.4 is 5.32 Å². The molecule has 0 saturated heterocycles. The average molecular weight is 736 g/mol. The second kappa shape index (κ2) is 13.3. The Morgan fingerprint density at radius 1 is 0.446 bits per heavy atom. The van der Waals surface area contributed by atoms with Crippen molar-refractivity contribution >= 4 is 65.1 Å². The summed E-state index contributed by atoms with van der Waals surface area (Å²) in [6.07, 6.45) is -0.416. The first-order valence-corrected chi connectivity index (χ1v) is 19.7. The summed E-state index contributed by atoms with van der Waals surface area (Å²) in [5, 5.41) is 8.38. The van der Waals surface area contributed by atoms with Gasteiger partial charge in [0.2, 0.25) is 0 Å². The molecular weight excluding hydrogens is 703 g/mol. The van der Waals surface area contributed by atoms with E-state index in [1.54, 1.807) is 0 Å². The molecule has 0 amide bonds. The lowest BCUT2D eigenvalue weighted by molar-refractivity contribution is 0.658. The molecule has 8 aromatic carbocycles. The topological polar surface area (TPSA) is 49.9 Å². The van der Waals surface area contributed by atoms with Crippen LogP contribution in [0.3, 0.4) is 0 Å². The maximum Gasteiger partial charge on any atom is 0.159 e. The predicted molar refractivity (Wildman–Crippen MR) is 235 cm³/mol. The van der Waals surface area contributed by atoms with E-state index in [1.807, 2.05) is 47.7 Å². The molecule has 0 aliphatic carbocycles. The zero-order valence-corrected chi connectivity index (χ0v) is 31.0. The third-order valence-electron chi connectivity index (χ3n) is 10.8. The maximum absolute atomic E-state index is 7.13. The summed E-state index contributed by atoms with van der Waals surface area (Å²) in [7, 11) is 0. The quantitative estimate of drug-likeness (QED) is 0.185. The Labute approximate surface area is 327 Å². The van der Waals surface area contributed by atoms with Gasteiger partial charge < -0.3 is 9.73 Å². The molecule has 1 unspecified atom stereocenters. The second-order valence-electron chi connectivity index (χ2n) is 14.1. The normalized spacial score (nSPS) is 14.2. The maximum atomic E-state index is 7.13. The zero-order valence-electron chi connectivity index (χ0n) is 30.2.